The van der Waals surface area contributed by atoms with Crippen molar-refractivity contribution in [3.63, 3.8) is 0 Å². The lowest BCUT2D eigenvalue weighted by molar-refractivity contribution is -0.115. The molecule has 112 valence electrons. The number of anilines is 1. The van der Waals surface area contributed by atoms with E-state index in [1.807, 2.05) is 24.3 Å². The standard InChI is InChI=1S/C16H14FN3O2/c1-22-14-7-6-10(8-11(14)17)9-15(21)20-16-18-12-4-2-3-5-13(12)19-16/h2-8H,9H2,1H3,(H2,18,19,20,21). The van der Waals surface area contributed by atoms with Crippen LogP contribution in [0.15, 0.2) is 42.5 Å². The molecule has 3 aromatic rings. The lowest BCUT2D eigenvalue weighted by atomic mass is 10.1. The maximum atomic E-state index is 13.6. The fourth-order valence-corrected chi connectivity index (χ4v) is 2.19. The van der Waals surface area contributed by atoms with Gasteiger partial charge in [-0.25, -0.2) is 9.37 Å². The molecule has 2 aromatic carbocycles. The number of halogens is 1. The van der Waals surface area contributed by atoms with Gasteiger partial charge < -0.3 is 9.72 Å². The third-order valence-corrected chi connectivity index (χ3v) is 3.23. The summed E-state index contributed by atoms with van der Waals surface area (Å²) in [5.41, 5.74) is 2.17. The van der Waals surface area contributed by atoms with Crippen molar-refractivity contribution in [2.75, 3.05) is 12.4 Å². The number of nitrogens with zero attached hydrogens (tertiary/aromatic N) is 1. The second-order valence-electron chi connectivity index (χ2n) is 4.80. The Bertz CT molecular complexity index is 796. The number of nitrogens with one attached hydrogen (secondary N) is 2. The zero-order valence-electron chi connectivity index (χ0n) is 11.9. The first-order valence-corrected chi connectivity index (χ1v) is 6.73. The number of rotatable bonds is 4. The van der Waals surface area contributed by atoms with Crippen LogP contribution in [0.25, 0.3) is 11.0 Å². The predicted molar refractivity (Wildman–Crippen MR) is 81.4 cm³/mol. The zero-order chi connectivity index (χ0) is 15.5. The van der Waals surface area contributed by atoms with Crippen LogP contribution in [-0.4, -0.2) is 23.0 Å². The van der Waals surface area contributed by atoms with E-state index in [-0.39, 0.29) is 18.1 Å². The summed E-state index contributed by atoms with van der Waals surface area (Å²) in [6, 6.07) is 11.9. The van der Waals surface area contributed by atoms with Gasteiger partial charge in [-0.3, -0.25) is 10.1 Å². The minimum absolute atomic E-state index is 0.0535. The van der Waals surface area contributed by atoms with Gasteiger partial charge in [0.1, 0.15) is 0 Å². The average molecular weight is 299 g/mol. The Morgan fingerprint density at radius 1 is 1.32 bits per heavy atom. The maximum absolute atomic E-state index is 13.6. The Labute approximate surface area is 126 Å². The third kappa shape index (κ3) is 2.90. The van der Waals surface area contributed by atoms with Crippen LogP contribution >= 0.6 is 0 Å². The number of fused-ring (bicyclic) bond motifs is 1. The first-order valence-electron chi connectivity index (χ1n) is 6.73. The number of amides is 1. The molecule has 0 aliphatic heterocycles. The first-order chi connectivity index (χ1) is 10.7. The van der Waals surface area contributed by atoms with E-state index in [1.54, 1.807) is 6.07 Å². The molecule has 0 aliphatic rings. The highest BCUT2D eigenvalue weighted by Gasteiger charge is 2.10. The largest absolute Gasteiger partial charge is 0.494 e. The molecule has 1 heterocycles. The molecular formula is C16H14FN3O2. The second kappa shape index (κ2) is 5.85. The number of aromatic nitrogens is 2. The van der Waals surface area contributed by atoms with Gasteiger partial charge in [0.15, 0.2) is 11.6 Å². The summed E-state index contributed by atoms with van der Waals surface area (Å²) in [6.45, 7) is 0. The minimum Gasteiger partial charge on any atom is -0.494 e. The Balaban J connectivity index is 1.70. The van der Waals surface area contributed by atoms with Gasteiger partial charge in [0, 0.05) is 0 Å². The molecule has 0 saturated carbocycles. The number of benzene rings is 2. The molecule has 0 aliphatic carbocycles. The van der Waals surface area contributed by atoms with Gasteiger partial charge >= 0.3 is 0 Å². The van der Waals surface area contributed by atoms with Crippen molar-refractivity contribution in [3.8, 4) is 5.75 Å². The SMILES string of the molecule is COc1ccc(CC(=O)Nc2nc3ccccc3[nH]2)cc1F. The fraction of sp³-hybridized carbons (Fsp3) is 0.125. The van der Waals surface area contributed by atoms with Gasteiger partial charge in [-0.2, -0.15) is 0 Å². The number of carbonyl (C=O) groups is 1. The van der Waals surface area contributed by atoms with Crippen LogP contribution < -0.4 is 10.1 Å². The topological polar surface area (TPSA) is 67.0 Å². The number of hydrogen-bond acceptors (Lipinski definition) is 3. The van der Waals surface area contributed by atoms with Crippen molar-refractivity contribution in [2.45, 2.75) is 6.42 Å². The molecule has 3 rings (SSSR count). The van der Waals surface area contributed by atoms with Crippen LogP contribution in [0.5, 0.6) is 5.75 Å². The number of hydrogen-bond donors (Lipinski definition) is 2. The Hall–Kier alpha value is -2.89. The van der Waals surface area contributed by atoms with Crippen molar-refractivity contribution >= 4 is 22.9 Å². The van der Waals surface area contributed by atoms with Crippen molar-refractivity contribution in [1.29, 1.82) is 0 Å². The monoisotopic (exact) mass is 299 g/mol. The molecule has 0 atom stereocenters. The summed E-state index contributed by atoms with van der Waals surface area (Å²) in [4.78, 5) is 19.3. The minimum atomic E-state index is -0.489. The highest BCUT2D eigenvalue weighted by molar-refractivity contribution is 5.92. The number of ether oxygens (including phenoxy) is 1. The quantitative estimate of drug-likeness (QED) is 0.778. The molecule has 0 unspecified atom stereocenters. The van der Waals surface area contributed by atoms with Gasteiger partial charge in [0.25, 0.3) is 0 Å². The highest BCUT2D eigenvalue weighted by Crippen LogP contribution is 2.18. The first kappa shape index (κ1) is 14.1. The average Bonchev–Trinajstić information content (AvgIpc) is 2.89. The highest BCUT2D eigenvalue weighted by atomic mass is 19.1. The zero-order valence-corrected chi connectivity index (χ0v) is 11.9. The van der Waals surface area contributed by atoms with Gasteiger partial charge in [-0.1, -0.05) is 18.2 Å². The molecular weight excluding hydrogens is 285 g/mol. The van der Waals surface area contributed by atoms with Crippen LogP contribution in [0, 0.1) is 5.82 Å². The lowest BCUT2D eigenvalue weighted by Crippen LogP contribution is -2.15. The van der Waals surface area contributed by atoms with Crippen LogP contribution in [0.1, 0.15) is 5.56 Å². The second-order valence-corrected chi connectivity index (χ2v) is 4.80. The molecule has 22 heavy (non-hydrogen) atoms. The Kier molecular flexibility index (Phi) is 3.74. The van der Waals surface area contributed by atoms with E-state index in [1.165, 1.54) is 19.2 Å². The van der Waals surface area contributed by atoms with E-state index in [0.717, 1.165) is 11.0 Å². The molecule has 1 amide bonds. The van der Waals surface area contributed by atoms with Crippen molar-refractivity contribution in [3.05, 3.63) is 53.8 Å². The fourth-order valence-electron chi connectivity index (χ4n) is 2.19. The normalized spacial score (nSPS) is 10.6. The van der Waals surface area contributed by atoms with Gasteiger partial charge in [0.05, 0.1) is 24.6 Å². The molecule has 2 N–H and O–H groups in total. The number of carbonyl (C=O) groups excluding carboxylic acids is 1. The summed E-state index contributed by atoms with van der Waals surface area (Å²) in [5, 5.41) is 2.67. The van der Waals surface area contributed by atoms with E-state index in [0.29, 0.717) is 11.5 Å². The van der Waals surface area contributed by atoms with Gasteiger partial charge in [-0.05, 0) is 29.8 Å². The van der Waals surface area contributed by atoms with E-state index >= 15 is 0 Å². The molecule has 0 fully saturated rings. The summed E-state index contributed by atoms with van der Waals surface area (Å²) in [5.74, 6) is -0.234. The Morgan fingerprint density at radius 3 is 2.86 bits per heavy atom. The summed E-state index contributed by atoms with van der Waals surface area (Å²) >= 11 is 0. The smallest absolute Gasteiger partial charge is 0.231 e. The van der Waals surface area contributed by atoms with E-state index in [2.05, 4.69) is 15.3 Å². The number of para-hydroxylation sites is 2. The van der Waals surface area contributed by atoms with Crippen LogP contribution in [0.4, 0.5) is 10.3 Å². The Morgan fingerprint density at radius 2 is 2.14 bits per heavy atom. The molecule has 1 aromatic heterocycles. The van der Waals surface area contributed by atoms with Crippen LogP contribution in [0.3, 0.4) is 0 Å². The van der Waals surface area contributed by atoms with Gasteiger partial charge in [-0.15, -0.1) is 0 Å². The van der Waals surface area contributed by atoms with Crippen molar-refractivity contribution in [1.82, 2.24) is 9.97 Å². The molecule has 0 bridgehead atoms. The number of imidazole rings is 1. The molecule has 0 spiro atoms. The van der Waals surface area contributed by atoms with E-state index in [4.69, 9.17) is 4.74 Å². The predicted octanol–water partition coefficient (Wildman–Crippen LogP) is 2.89. The van der Waals surface area contributed by atoms with Crippen LogP contribution in [-0.2, 0) is 11.2 Å². The number of aromatic amines is 1. The summed E-state index contributed by atoms with van der Waals surface area (Å²) < 4.78 is 18.4. The molecule has 5 nitrogen and oxygen atoms in total. The van der Waals surface area contributed by atoms with Crippen LogP contribution in [0.2, 0.25) is 0 Å². The third-order valence-electron chi connectivity index (χ3n) is 3.23. The lowest BCUT2D eigenvalue weighted by Gasteiger charge is -2.05. The van der Waals surface area contributed by atoms with Gasteiger partial charge in [0.2, 0.25) is 11.9 Å². The van der Waals surface area contributed by atoms with E-state index < -0.39 is 5.82 Å². The molecule has 6 heteroatoms. The van der Waals surface area contributed by atoms with E-state index in [9.17, 15) is 9.18 Å². The van der Waals surface area contributed by atoms with Crippen molar-refractivity contribution in [2.24, 2.45) is 0 Å². The number of H-pyrrole nitrogens is 1. The molecule has 0 saturated heterocycles. The molecule has 0 radical (unpaired) electrons. The summed E-state index contributed by atoms with van der Waals surface area (Å²) in [7, 11) is 1.40. The maximum Gasteiger partial charge on any atom is 0.231 e. The summed E-state index contributed by atoms with van der Waals surface area (Å²) in [6.07, 6.45) is 0.0535. The number of methoxy groups -OCH3 is 1. The van der Waals surface area contributed by atoms with Crippen molar-refractivity contribution < 1.29 is 13.9 Å².